The van der Waals surface area contributed by atoms with Crippen molar-refractivity contribution >= 4 is 17.7 Å². The number of hydrogen-bond acceptors (Lipinski definition) is 4. The van der Waals surface area contributed by atoms with E-state index in [-0.39, 0.29) is 5.91 Å². The number of amides is 1. The number of nitrogens with one attached hydrogen (secondary N) is 2. The molecule has 0 bridgehead atoms. The van der Waals surface area contributed by atoms with Gasteiger partial charge in [0, 0.05) is 29.7 Å². The summed E-state index contributed by atoms with van der Waals surface area (Å²) >= 11 is 0. The van der Waals surface area contributed by atoms with Crippen LogP contribution in [0.4, 0.5) is 5.69 Å². The maximum atomic E-state index is 12.2. The van der Waals surface area contributed by atoms with E-state index in [1.807, 2.05) is 49.4 Å². The number of aromatic amines is 1. The third-order valence-electron chi connectivity index (χ3n) is 3.84. The third-order valence-corrected chi connectivity index (χ3v) is 3.84. The highest BCUT2D eigenvalue weighted by atomic mass is 16.5. The van der Waals surface area contributed by atoms with Crippen molar-refractivity contribution < 1.29 is 14.3 Å². The van der Waals surface area contributed by atoms with Crippen LogP contribution in [0.2, 0.25) is 0 Å². The Kier molecular flexibility index (Phi) is 5.89. The molecule has 0 unspecified atom stereocenters. The molecule has 0 fully saturated rings. The number of benzene rings is 2. The molecule has 0 aliphatic heterocycles. The topological polar surface area (TPSA) is 76.2 Å². The first-order valence-electron chi connectivity index (χ1n) is 8.59. The molecule has 0 atom stereocenters. The molecule has 138 valence electrons. The van der Waals surface area contributed by atoms with Crippen molar-refractivity contribution in [3.63, 3.8) is 0 Å². The number of carbonyl (C=O) groups is 1. The van der Waals surface area contributed by atoms with E-state index in [2.05, 4.69) is 15.3 Å². The standard InChI is InChI=1S/C21H21N3O3/c1-3-27-19-14-15(4-10-18(19)26-2)5-11-20(25)24-17-8-6-16(7-9-17)21-22-12-13-23-21/h4-14H,3H2,1-2H3,(H,22,23)(H,24,25). The number of aromatic nitrogens is 2. The number of hydrogen-bond donors (Lipinski definition) is 2. The molecule has 0 saturated carbocycles. The molecule has 1 heterocycles. The summed E-state index contributed by atoms with van der Waals surface area (Å²) in [4.78, 5) is 19.4. The molecule has 3 rings (SSSR count). The summed E-state index contributed by atoms with van der Waals surface area (Å²) < 4.78 is 10.8. The Labute approximate surface area is 157 Å². The minimum Gasteiger partial charge on any atom is -0.493 e. The first kappa shape index (κ1) is 18.3. The van der Waals surface area contributed by atoms with E-state index >= 15 is 0 Å². The summed E-state index contributed by atoms with van der Waals surface area (Å²) in [6, 6.07) is 13.0. The van der Waals surface area contributed by atoms with E-state index in [4.69, 9.17) is 9.47 Å². The molecule has 0 aliphatic rings. The summed E-state index contributed by atoms with van der Waals surface area (Å²) in [5.41, 5.74) is 2.52. The van der Waals surface area contributed by atoms with Gasteiger partial charge in [-0.05, 0) is 55.0 Å². The number of rotatable bonds is 7. The predicted octanol–water partition coefficient (Wildman–Crippen LogP) is 4.14. The molecule has 0 saturated heterocycles. The lowest BCUT2D eigenvalue weighted by Crippen LogP contribution is -2.07. The zero-order valence-electron chi connectivity index (χ0n) is 15.2. The largest absolute Gasteiger partial charge is 0.493 e. The molecule has 1 amide bonds. The van der Waals surface area contributed by atoms with Crippen molar-refractivity contribution in [1.29, 1.82) is 0 Å². The SMILES string of the molecule is CCOc1cc(C=CC(=O)Nc2ccc(-c3ncc[nH]3)cc2)ccc1OC. The number of H-pyrrole nitrogens is 1. The van der Waals surface area contributed by atoms with Crippen molar-refractivity contribution in [2.45, 2.75) is 6.92 Å². The van der Waals surface area contributed by atoms with Gasteiger partial charge >= 0.3 is 0 Å². The Balaban J connectivity index is 1.64. The Hall–Kier alpha value is -3.54. The predicted molar refractivity (Wildman–Crippen MR) is 106 cm³/mol. The van der Waals surface area contributed by atoms with Gasteiger partial charge in [0.25, 0.3) is 0 Å². The number of imidazole rings is 1. The van der Waals surface area contributed by atoms with E-state index in [1.54, 1.807) is 25.6 Å². The number of ether oxygens (including phenoxy) is 2. The van der Waals surface area contributed by atoms with Crippen LogP contribution in [0.15, 0.2) is 60.9 Å². The van der Waals surface area contributed by atoms with E-state index in [0.717, 1.165) is 17.0 Å². The summed E-state index contributed by atoms with van der Waals surface area (Å²) in [6.45, 7) is 2.45. The first-order valence-corrected chi connectivity index (χ1v) is 8.59. The van der Waals surface area contributed by atoms with Gasteiger partial charge < -0.3 is 19.8 Å². The quantitative estimate of drug-likeness (QED) is 0.619. The smallest absolute Gasteiger partial charge is 0.248 e. The van der Waals surface area contributed by atoms with Gasteiger partial charge in [-0.2, -0.15) is 0 Å². The first-order chi connectivity index (χ1) is 13.2. The second-order valence-electron chi connectivity index (χ2n) is 5.68. The van der Waals surface area contributed by atoms with Crippen LogP contribution < -0.4 is 14.8 Å². The Morgan fingerprint density at radius 3 is 2.67 bits per heavy atom. The molecular formula is C21H21N3O3. The molecule has 2 N–H and O–H groups in total. The number of nitrogens with zero attached hydrogens (tertiary/aromatic N) is 1. The molecule has 1 aromatic heterocycles. The molecule has 6 heteroatoms. The van der Waals surface area contributed by atoms with Gasteiger partial charge in [-0.1, -0.05) is 6.07 Å². The normalized spacial score (nSPS) is 10.7. The van der Waals surface area contributed by atoms with Crippen molar-refractivity contribution in [1.82, 2.24) is 9.97 Å². The van der Waals surface area contributed by atoms with Gasteiger partial charge in [-0.15, -0.1) is 0 Å². The molecule has 27 heavy (non-hydrogen) atoms. The number of methoxy groups -OCH3 is 1. The van der Waals surface area contributed by atoms with Crippen LogP contribution in [0, 0.1) is 0 Å². The van der Waals surface area contributed by atoms with Crippen molar-refractivity contribution in [2.24, 2.45) is 0 Å². The van der Waals surface area contributed by atoms with Crippen molar-refractivity contribution in [3.8, 4) is 22.9 Å². The zero-order chi connectivity index (χ0) is 19.1. The summed E-state index contributed by atoms with van der Waals surface area (Å²) in [7, 11) is 1.60. The van der Waals surface area contributed by atoms with Crippen molar-refractivity contribution in [2.75, 3.05) is 19.0 Å². The Morgan fingerprint density at radius 2 is 2.00 bits per heavy atom. The van der Waals surface area contributed by atoms with Gasteiger partial charge in [0.2, 0.25) is 5.91 Å². The van der Waals surface area contributed by atoms with E-state index in [9.17, 15) is 4.79 Å². The summed E-state index contributed by atoms with van der Waals surface area (Å²) in [6.07, 6.45) is 6.68. The van der Waals surface area contributed by atoms with Crippen LogP contribution in [-0.2, 0) is 4.79 Å². The highest BCUT2D eigenvalue weighted by Crippen LogP contribution is 2.28. The van der Waals surface area contributed by atoms with E-state index in [1.165, 1.54) is 6.08 Å². The summed E-state index contributed by atoms with van der Waals surface area (Å²) in [5, 5.41) is 2.83. The number of carbonyl (C=O) groups excluding carboxylic acids is 1. The minimum absolute atomic E-state index is 0.213. The Morgan fingerprint density at radius 1 is 1.19 bits per heavy atom. The average molecular weight is 363 g/mol. The van der Waals surface area contributed by atoms with Crippen LogP contribution in [0.1, 0.15) is 12.5 Å². The fourth-order valence-corrected chi connectivity index (χ4v) is 2.56. The van der Waals surface area contributed by atoms with Gasteiger partial charge in [-0.3, -0.25) is 4.79 Å². The lowest BCUT2D eigenvalue weighted by molar-refractivity contribution is -0.111. The average Bonchev–Trinajstić information content (AvgIpc) is 3.22. The van der Waals surface area contributed by atoms with Crippen LogP contribution in [0.5, 0.6) is 11.5 Å². The van der Waals surface area contributed by atoms with Crippen LogP contribution in [0.25, 0.3) is 17.5 Å². The minimum atomic E-state index is -0.213. The molecule has 2 aromatic carbocycles. The molecule has 0 spiro atoms. The second kappa shape index (κ2) is 8.71. The van der Waals surface area contributed by atoms with Crippen molar-refractivity contribution in [3.05, 3.63) is 66.5 Å². The van der Waals surface area contributed by atoms with Crippen LogP contribution in [0.3, 0.4) is 0 Å². The second-order valence-corrected chi connectivity index (χ2v) is 5.68. The molecule has 6 nitrogen and oxygen atoms in total. The van der Waals surface area contributed by atoms with Gasteiger partial charge in [0.15, 0.2) is 11.5 Å². The molecule has 0 aliphatic carbocycles. The Bertz CT molecular complexity index is 916. The lowest BCUT2D eigenvalue weighted by atomic mass is 10.1. The van der Waals surface area contributed by atoms with Gasteiger partial charge in [-0.25, -0.2) is 4.98 Å². The number of anilines is 1. The highest BCUT2D eigenvalue weighted by molar-refractivity contribution is 6.02. The zero-order valence-corrected chi connectivity index (χ0v) is 15.2. The summed E-state index contributed by atoms with van der Waals surface area (Å²) in [5.74, 6) is 1.89. The third kappa shape index (κ3) is 4.76. The molecule has 0 radical (unpaired) electrons. The monoisotopic (exact) mass is 363 g/mol. The maximum absolute atomic E-state index is 12.2. The fourth-order valence-electron chi connectivity index (χ4n) is 2.56. The van der Waals surface area contributed by atoms with Gasteiger partial charge in [0.1, 0.15) is 5.82 Å². The lowest BCUT2D eigenvalue weighted by Gasteiger charge is -2.09. The van der Waals surface area contributed by atoms with E-state index < -0.39 is 0 Å². The molecular weight excluding hydrogens is 342 g/mol. The maximum Gasteiger partial charge on any atom is 0.248 e. The van der Waals surface area contributed by atoms with Crippen LogP contribution in [-0.4, -0.2) is 29.6 Å². The fraction of sp³-hybridized carbons (Fsp3) is 0.143. The van der Waals surface area contributed by atoms with Gasteiger partial charge in [0.05, 0.1) is 13.7 Å². The van der Waals surface area contributed by atoms with Crippen LogP contribution >= 0.6 is 0 Å². The van der Waals surface area contributed by atoms with E-state index in [0.29, 0.717) is 23.8 Å². The highest BCUT2D eigenvalue weighted by Gasteiger charge is 2.05. The molecule has 3 aromatic rings.